The van der Waals surface area contributed by atoms with Crippen LogP contribution < -0.4 is 5.32 Å². The van der Waals surface area contributed by atoms with E-state index in [1.807, 2.05) is 36.4 Å². The van der Waals surface area contributed by atoms with Gasteiger partial charge in [-0.05, 0) is 16.8 Å². The molecule has 1 N–H and O–H groups in total. The third-order valence-corrected chi connectivity index (χ3v) is 2.90. The number of fused-ring (bicyclic) bond motifs is 1. The van der Waals surface area contributed by atoms with Crippen LogP contribution in [0.4, 0.5) is 0 Å². The molecule has 0 aromatic heterocycles. The highest BCUT2D eigenvalue weighted by Crippen LogP contribution is 2.19. The number of esters is 1. The molecule has 0 unspecified atom stereocenters. The molecule has 0 bridgehead atoms. The highest BCUT2D eigenvalue weighted by Gasteiger charge is 2.12. The summed E-state index contributed by atoms with van der Waals surface area (Å²) >= 11 is 0. The Kier molecular flexibility index (Phi) is 4.89. The molecule has 1 amide bonds. The average molecular weight is 282 g/mol. The van der Waals surface area contributed by atoms with E-state index < -0.39 is 11.9 Å². The first-order chi connectivity index (χ1) is 10.2. The SMILES string of the molecule is N#CCCNC(=O)COC(=O)c1cccc2ccccc12. The second kappa shape index (κ2) is 7.06. The van der Waals surface area contributed by atoms with Crippen LogP contribution in [0.5, 0.6) is 0 Å². The number of ether oxygens (including phenoxy) is 1. The lowest BCUT2D eigenvalue weighted by Gasteiger charge is -2.07. The summed E-state index contributed by atoms with van der Waals surface area (Å²) in [7, 11) is 0. The maximum absolute atomic E-state index is 12.0. The van der Waals surface area contributed by atoms with E-state index in [1.54, 1.807) is 12.1 Å². The summed E-state index contributed by atoms with van der Waals surface area (Å²) in [5.41, 5.74) is 0.429. The zero-order valence-corrected chi connectivity index (χ0v) is 11.3. The average Bonchev–Trinajstić information content (AvgIpc) is 2.52. The molecule has 2 rings (SSSR count). The van der Waals surface area contributed by atoms with E-state index >= 15 is 0 Å². The first kappa shape index (κ1) is 14.5. The Morgan fingerprint density at radius 2 is 1.90 bits per heavy atom. The molecular formula is C16H14N2O3. The number of hydrogen-bond donors (Lipinski definition) is 1. The van der Waals surface area contributed by atoms with E-state index in [9.17, 15) is 9.59 Å². The van der Waals surface area contributed by atoms with Crippen LogP contribution in [0.25, 0.3) is 10.8 Å². The number of benzene rings is 2. The monoisotopic (exact) mass is 282 g/mol. The number of carbonyl (C=O) groups is 2. The minimum atomic E-state index is -0.540. The summed E-state index contributed by atoms with van der Waals surface area (Å²) in [6, 6.07) is 14.7. The van der Waals surface area contributed by atoms with Gasteiger partial charge in [-0.15, -0.1) is 0 Å². The standard InChI is InChI=1S/C16H14N2O3/c17-9-4-10-18-15(19)11-21-16(20)14-8-3-6-12-5-1-2-7-13(12)14/h1-3,5-8H,4,10-11H2,(H,18,19). The molecule has 5 heteroatoms. The zero-order chi connectivity index (χ0) is 15.1. The van der Waals surface area contributed by atoms with Crippen LogP contribution in [0, 0.1) is 11.3 Å². The van der Waals surface area contributed by atoms with Crippen molar-refractivity contribution in [2.24, 2.45) is 0 Å². The van der Waals surface area contributed by atoms with E-state index in [0.29, 0.717) is 5.56 Å². The van der Waals surface area contributed by atoms with Crippen molar-refractivity contribution in [1.82, 2.24) is 5.32 Å². The maximum atomic E-state index is 12.0. The van der Waals surface area contributed by atoms with Crippen molar-refractivity contribution < 1.29 is 14.3 Å². The summed E-state index contributed by atoms with van der Waals surface area (Å²) in [6.07, 6.45) is 0.225. The van der Waals surface area contributed by atoms with Gasteiger partial charge in [-0.25, -0.2) is 4.79 Å². The summed E-state index contributed by atoms with van der Waals surface area (Å²) in [5.74, 6) is -0.957. The number of nitrogens with zero attached hydrogens (tertiary/aromatic N) is 1. The predicted octanol–water partition coefficient (Wildman–Crippen LogP) is 2.03. The fourth-order valence-electron chi connectivity index (χ4n) is 1.92. The van der Waals surface area contributed by atoms with Crippen molar-refractivity contribution in [3.63, 3.8) is 0 Å². The fraction of sp³-hybridized carbons (Fsp3) is 0.188. The van der Waals surface area contributed by atoms with Crippen LogP contribution in [0.1, 0.15) is 16.8 Å². The molecule has 21 heavy (non-hydrogen) atoms. The van der Waals surface area contributed by atoms with Gasteiger partial charge in [-0.3, -0.25) is 4.79 Å². The lowest BCUT2D eigenvalue weighted by molar-refractivity contribution is -0.124. The van der Waals surface area contributed by atoms with Crippen molar-refractivity contribution in [2.75, 3.05) is 13.2 Å². The molecule has 2 aromatic carbocycles. The maximum Gasteiger partial charge on any atom is 0.339 e. The van der Waals surface area contributed by atoms with E-state index in [2.05, 4.69) is 5.32 Å². The van der Waals surface area contributed by atoms with Crippen molar-refractivity contribution in [3.05, 3.63) is 48.0 Å². The van der Waals surface area contributed by atoms with Gasteiger partial charge in [0.25, 0.3) is 5.91 Å². The lowest BCUT2D eigenvalue weighted by Crippen LogP contribution is -2.29. The van der Waals surface area contributed by atoms with Gasteiger partial charge >= 0.3 is 5.97 Å². The fourth-order valence-corrected chi connectivity index (χ4v) is 1.92. The number of nitrogens with one attached hydrogen (secondary N) is 1. The van der Waals surface area contributed by atoms with E-state index in [1.165, 1.54) is 0 Å². The van der Waals surface area contributed by atoms with Crippen LogP contribution in [-0.4, -0.2) is 25.0 Å². The van der Waals surface area contributed by atoms with Gasteiger partial charge in [0.1, 0.15) is 0 Å². The highest BCUT2D eigenvalue weighted by molar-refractivity contribution is 6.04. The Morgan fingerprint density at radius 3 is 2.71 bits per heavy atom. The minimum absolute atomic E-state index is 0.225. The number of amides is 1. The Labute approximate surface area is 122 Å². The highest BCUT2D eigenvalue weighted by atomic mass is 16.5. The van der Waals surface area contributed by atoms with Gasteiger partial charge in [-0.2, -0.15) is 5.26 Å². The quantitative estimate of drug-likeness (QED) is 0.672. The molecule has 0 aliphatic heterocycles. The Bertz CT molecular complexity index is 699. The molecule has 0 aliphatic rings. The van der Waals surface area contributed by atoms with E-state index in [-0.39, 0.29) is 19.6 Å². The van der Waals surface area contributed by atoms with Gasteiger partial charge < -0.3 is 10.1 Å². The van der Waals surface area contributed by atoms with Gasteiger partial charge in [0, 0.05) is 6.54 Å². The number of carbonyl (C=O) groups excluding carboxylic acids is 2. The van der Waals surface area contributed by atoms with Crippen molar-refractivity contribution >= 4 is 22.6 Å². The van der Waals surface area contributed by atoms with Crippen molar-refractivity contribution in [3.8, 4) is 6.07 Å². The predicted molar refractivity (Wildman–Crippen MR) is 77.5 cm³/mol. The van der Waals surface area contributed by atoms with Gasteiger partial charge in [0.05, 0.1) is 18.1 Å². The summed E-state index contributed by atoms with van der Waals surface area (Å²) in [5, 5.41) is 12.6. The first-order valence-corrected chi connectivity index (χ1v) is 6.51. The number of rotatable bonds is 5. The first-order valence-electron chi connectivity index (χ1n) is 6.51. The van der Waals surface area contributed by atoms with Crippen LogP contribution in [0.2, 0.25) is 0 Å². The summed E-state index contributed by atoms with van der Waals surface area (Å²) < 4.78 is 4.99. The molecule has 0 saturated carbocycles. The van der Waals surface area contributed by atoms with Crippen LogP contribution in [0.15, 0.2) is 42.5 Å². The second-order valence-electron chi connectivity index (χ2n) is 4.36. The molecule has 0 radical (unpaired) electrons. The molecule has 0 aliphatic carbocycles. The Balaban J connectivity index is 2.00. The smallest absolute Gasteiger partial charge is 0.339 e. The number of nitriles is 1. The normalized spacial score (nSPS) is 9.86. The van der Waals surface area contributed by atoms with Crippen LogP contribution in [0.3, 0.4) is 0 Å². The molecule has 0 saturated heterocycles. The van der Waals surface area contributed by atoms with Crippen molar-refractivity contribution in [2.45, 2.75) is 6.42 Å². The van der Waals surface area contributed by atoms with E-state index in [4.69, 9.17) is 10.00 Å². The van der Waals surface area contributed by atoms with Crippen molar-refractivity contribution in [1.29, 1.82) is 5.26 Å². The molecular weight excluding hydrogens is 268 g/mol. The zero-order valence-electron chi connectivity index (χ0n) is 11.3. The largest absolute Gasteiger partial charge is 0.452 e. The summed E-state index contributed by atoms with van der Waals surface area (Å²) in [4.78, 5) is 23.5. The van der Waals surface area contributed by atoms with Gasteiger partial charge in [0.2, 0.25) is 0 Å². The van der Waals surface area contributed by atoms with E-state index in [0.717, 1.165) is 10.8 Å². The van der Waals surface area contributed by atoms with Gasteiger partial charge in [-0.1, -0.05) is 36.4 Å². The van der Waals surface area contributed by atoms with Crippen LogP contribution >= 0.6 is 0 Å². The molecule has 0 atom stereocenters. The molecule has 5 nitrogen and oxygen atoms in total. The van der Waals surface area contributed by atoms with Gasteiger partial charge in [0.15, 0.2) is 6.61 Å². The topological polar surface area (TPSA) is 79.2 Å². The molecule has 0 heterocycles. The third kappa shape index (κ3) is 3.80. The molecule has 2 aromatic rings. The lowest BCUT2D eigenvalue weighted by atomic mass is 10.1. The molecule has 106 valence electrons. The summed E-state index contributed by atoms with van der Waals surface area (Å²) in [6.45, 7) is -0.103. The minimum Gasteiger partial charge on any atom is -0.452 e. The Hall–Kier alpha value is -2.87. The van der Waals surface area contributed by atoms with Crippen LogP contribution in [-0.2, 0) is 9.53 Å². The molecule has 0 spiro atoms. The molecule has 0 fully saturated rings. The second-order valence-corrected chi connectivity index (χ2v) is 4.36. The Morgan fingerprint density at radius 1 is 1.14 bits per heavy atom. The number of hydrogen-bond acceptors (Lipinski definition) is 4. The third-order valence-electron chi connectivity index (χ3n) is 2.90.